The first-order chi connectivity index (χ1) is 6.29. The first kappa shape index (κ1) is 9.85. The van der Waals surface area contributed by atoms with Crippen LogP contribution in [0.2, 0.25) is 0 Å². The molecule has 0 aliphatic carbocycles. The van der Waals surface area contributed by atoms with Gasteiger partial charge in [-0.1, -0.05) is 37.3 Å². The SMILES string of the molecule is C/C=C/Cc1cccc(CC)c1O. The van der Waals surface area contributed by atoms with Crippen LogP contribution in [0, 0.1) is 0 Å². The summed E-state index contributed by atoms with van der Waals surface area (Å²) in [7, 11) is 0. The molecule has 0 aromatic heterocycles. The average Bonchev–Trinajstić information content (AvgIpc) is 2.16. The van der Waals surface area contributed by atoms with Gasteiger partial charge in [-0.15, -0.1) is 0 Å². The molecule has 0 atom stereocenters. The number of hydrogen-bond donors (Lipinski definition) is 1. The monoisotopic (exact) mass is 176 g/mol. The minimum Gasteiger partial charge on any atom is -0.507 e. The van der Waals surface area contributed by atoms with Crippen LogP contribution < -0.4 is 0 Å². The molecule has 0 aliphatic heterocycles. The number of phenolic OH excluding ortho intramolecular Hbond substituents is 1. The summed E-state index contributed by atoms with van der Waals surface area (Å²) < 4.78 is 0. The van der Waals surface area contributed by atoms with Crippen LogP contribution in [0.1, 0.15) is 25.0 Å². The smallest absolute Gasteiger partial charge is 0.122 e. The van der Waals surface area contributed by atoms with E-state index in [0.717, 1.165) is 24.0 Å². The van der Waals surface area contributed by atoms with Gasteiger partial charge in [0.25, 0.3) is 0 Å². The van der Waals surface area contributed by atoms with Crippen molar-refractivity contribution in [1.82, 2.24) is 0 Å². The summed E-state index contributed by atoms with van der Waals surface area (Å²) in [6.45, 7) is 4.04. The van der Waals surface area contributed by atoms with E-state index in [1.165, 1.54) is 0 Å². The van der Waals surface area contributed by atoms with Crippen molar-refractivity contribution in [3.63, 3.8) is 0 Å². The zero-order valence-electron chi connectivity index (χ0n) is 8.25. The third-order valence-corrected chi connectivity index (χ3v) is 2.16. The molecule has 0 bridgehead atoms. The van der Waals surface area contributed by atoms with Crippen LogP contribution in [0.3, 0.4) is 0 Å². The van der Waals surface area contributed by atoms with E-state index in [2.05, 4.69) is 13.0 Å². The third kappa shape index (κ3) is 2.35. The molecule has 1 nitrogen and oxygen atoms in total. The Hall–Kier alpha value is -1.24. The van der Waals surface area contributed by atoms with Gasteiger partial charge in [-0.25, -0.2) is 0 Å². The van der Waals surface area contributed by atoms with Crippen LogP contribution in [0.4, 0.5) is 0 Å². The zero-order chi connectivity index (χ0) is 9.68. The predicted molar refractivity (Wildman–Crippen MR) is 56.0 cm³/mol. The molecule has 13 heavy (non-hydrogen) atoms. The van der Waals surface area contributed by atoms with Gasteiger partial charge in [0.15, 0.2) is 0 Å². The molecule has 0 amide bonds. The number of para-hydroxylation sites is 1. The van der Waals surface area contributed by atoms with Gasteiger partial charge in [-0.2, -0.15) is 0 Å². The van der Waals surface area contributed by atoms with Crippen molar-refractivity contribution in [1.29, 1.82) is 0 Å². The second-order valence-corrected chi connectivity index (χ2v) is 3.05. The molecule has 0 radical (unpaired) electrons. The fourth-order valence-electron chi connectivity index (χ4n) is 1.34. The molecule has 0 fully saturated rings. The highest BCUT2D eigenvalue weighted by Gasteiger charge is 2.02. The van der Waals surface area contributed by atoms with Crippen molar-refractivity contribution < 1.29 is 5.11 Å². The molecule has 1 rings (SSSR count). The highest BCUT2D eigenvalue weighted by molar-refractivity contribution is 5.41. The molecule has 1 aromatic rings. The van der Waals surface area contributed by atoms with Crippen molar-refractivity contribution in [2.24, 2.45) is 0 Å². The number of aromatic hydroxyl groups is 1. The van der Waals surface area contributed by atoms with E-state index in [1.54, 1.807) is 0 Å². The third-order valence-electron chi connectivity index (χ3n) is 2.16. The summed E-state index contributed by atoms with van der Waals surface area (Å²) in [5.41, 5.74) is 2.04. The predicted octanol–water partition coefficient (Wildman–Crippen LogP) is 3.07. The molecule has 1 aromatic carbocycles. The molecule has 0 heterocycles. The van der Waals surface area contributed by atoms with Gasteiger partial charge < -0.3 is 5.11 Å². The number of hydrogen-bond acceptors (Lipinski definition) is 1. The average molecular weight is 176 g/mol. The fourth-order valence-corrected chi connectivity index (χ4v) is 1.34. The number of rotatable bonds is 3. The number of aryl methyl sites for hydroxylation is 1. The Bertz CT molecular complexity index is 300. The molecule has 0 saturated heterocycles. The second-order valence-electron chi connectivity index (χ2n) is 3.05. The Morgan fingerprint density at radius 1 is 1.31 bits per heavy atom. The standard InChI is InChI=1S/C12H16O/c1-3-5-7-11-9-6-8-10(4-2)12(11)13/h3,5-6,8-9,13H,4,7H2,1-2H3/b5-3+. The Balaban J connectivity index is 2.94. The van der Waals surface area contributed by atoms with Gasteiger partial charge in [0.2, 0.25) is 0 Å². The molecule has 1 N–H and O–H groups in total. The number of benzene rings is 1. The van der Waals surface area contributed by atoms with Gasteiger partial charge in [0.05, 0.1) is 0 Å². The molecule has 0 spiro atoms. The molecule has 0 saturated carbocycles. The lowest BCUT2D eigenvalue weighted by atomic mass is 10.0. The fraction of sp³-hybridized carbons (Fsp3) is 0.333. The summed E-state index contributed by atoms with van der Waals surface area (Å²) in [4.78, 5) is 0. The zero-order valence-corrected chi connectivity index (χ0v) is 8.25. The summed E-state index contributed by atoms with van der Waals surface area (Å²) in [6.07, 6.45) is 5.75. The lowest BCUT2D eigenvalue weighted by Gasteiger charge is -2.05. The van der Waals surface area contributed by atoms with Gasteiger partial charge >= 0.3 is 0 Å². The van der Waals surface area contributed by atoms with Crippen LogP contribution in [-0.2, 0) is 12.8 Å². The maximum Gasteiger partial charge on any atom is 0.122 e. The molecular formula is C12H16O. The molecule has 70 valence electrons. The van der Waals surface area contributed by atoms with Crippen molar-refractivity contribution in [2.75, 3.05) is 0 Å². The normalized spacial score (nSPS) is 10.9. The minimum atomic E-state index is 0.461. The van der Waals surface area contributed by atoms with Gasteiger partial charge in [0.1, 0.15) is 5.75 Å². The second kappa shape index (κ2) is 4.70. The van der Waals surface area contributed by atoms with E-state index in [9.17, 15) is 5.11 Å². The first-order valence-corrected chi connectivity index (χ1v) is 4.70. The summed E-state index contributed by atoms with van der Waals surface area (Å²) in [6, 6.07) is 5.93. The summed E-state index contributed by atoms with van der Waals surface area (Å²) in [5, 5.41) is 9.78. The molecule has 1 heteroatoms. The molecule has 0 aliphatic rings. The Morgan fingerprint density at radius 3 is 2.62 bits per heavy atom. The molecule has 0 unspecified atom stereocenters. The Labute approximate surface area is 79.7 Å². The van der Waals surface area contributed by atoms with E-state index >= 15 is 0 Å². The van der Waals surface area contributed by atoms with E-state index in [1.807, 2.05) is 31.2 Å². The van der Waals surface area contributed by atoms with Crippen molar-refractivity contribution in [3.05, 3.63) is 41.5 Å². The lowest BCUT2D eigenvalue weighted by Crippen LogP contribution is -1.87. The minimum absolute atomic E-state index is 0.461. The maximum absolute atomic E-state index is 9.78. The highest BCUT2D eigenvalue weighted by Crippen LogP contribution is 2.23. The van der Waals surface area contributed by atoms with E-state index in [-0.39, 0.29) is 0 Å². The molecular weight excluding hydrogens is 160 g/mol. The number of allylic oxidation sites excluding steroid dienone is 2. The quantitative estimate of drug-likeness (QED) is 0.702. The van der Waals surface area contributed by atoms with E-state index < -0.39 is 0 Å². The first-order valence-electron chi connectivity index (χ1n) is 4.70. The van der Waals surface area contributed by atoms with Crippen LogP contribution in [0.5, 0.6) is 5.75 Å². The van der Waals surface area contributed by atoms with Crippen molar-refractivity contribution in [2.45, 2.75) is 26.7 Å². The van der Waals surface area contributed by atoms with Gasteiger partial charge in [-0.3, -0.25) is 0 Å². The van der Waals surface area contributed by atoms with E-state index in [4.69, 9.17) is 0 Å². The van der Waals surface area contributed by atoms with Gasteiger partial charge in [0, 0.05) is 0 Å². The topological polar surface area (TPSA) is 20.2 Å². The van der Waals surface area contributed by atoms with Crippen LogP contribution in [-0.4, -0.2) is 5.11 Å². The van der Waals surface area contributed by atoms with Crippen LogP contribution >= 0.6 is 0 Å². The van der Waals surface area contributed by atoms with Crippen LogP contribution in [0.15, 0.2) is 30.4 Å². The largest absolute Gasteiger partial charge is 0.507 e. The van der Waals surface area contributed by atoms with Crippen LogP contribution in [0.25, 0.3) is 0 Å². The van der Waals surface area contributed by atoms with Gasteiger partial charge in [-0.05, 0) is 30.9 Å². The Kier molecular flexibility index (Phi) is 3.56. The van der Waals surface area contributed by atoms with Crippen molar-refractivity contribution in [3.8, 4) is 5.75 Å². The lowest BCUT2D eigenvalue weighted by molar-refractivity contribution is 0.463. The summed E-state index contributed by atoms with van der Waals surface area (Å²) >= 11 is 0. The highest BCUT2D eigenvalue weighted by atomic mass is 16.3. The van der Waals surface area contributed by atoms with Crippen molar-refractivity contribution >= 4 is 0 Å². The summed E-state index contributed by atoms with van der Waals surface area (Å²) in [5.74, 6) is 0.461. The Morgan fingerprint density at radius 2 is 2.00 bits per heavy atom. The maximum atomic E-state index is 9.78. The number of phenols is 1. The van der Waals surface area contributed by atoms with E-state index in [0.29, 0.717) is 5.75 Å².